The lowest BCUT2D eigenvalue weighted by Crippen LogP contribution is -2.45. The van der Waals surface area contributed by atoms with Crippen LogP contribution in [0, 0.1) is 0 Å². The highest BCUT2D eigenvalue weighted by atomic mass is 16.2. The van der Waals surface area contributed by atoms with Gasteiger partial charge in [-0.3, -0.25) is 14.8 Å². The summed E-state index contributed by atoms with van der Waals surface area (Å²) in [5.74, 6) is 0.419. The Kier molecular flexibility index (Phi) is 5.20. The summed E-state index contributed by atoms with van der Waals surface area (Å²) in [5.41, 5.74) is 3.00. The van der Waals surface area contributed by atoms with Gasteiger partial charge in [0, 0.05) is 62.8 Å². The van der Waals surface area contributed by atoms with Crippen molar-refractivity contribution in [3.05, 3.63) is 54.7 Å². The van der Waals surface area contributed by atoms with Gasteiger partial charge in [-0.05, 0) is 24.7 Å². The van der Waals surface area contributed by atoms with E-state index in [1.807, 2.05) is 31.4 Å². The fraction of sp³-hybridized carbons (Fsp3) is 0.273. The molecule has 4 heterocycles. The van der Waals surface area contributed by atoms with E-state index >= 15 is 0 Å². The van der Waals surface area contributed by atoms with E-state index in [0.29, 0.717) is 5.95 Å². The highest BCUT2D eigenvalue weighted by Gasteiger charge is 2.18. The first-order valence-electron chi connectivity index (χ1n) is 10.4. The second kappa shape index (κ2) is 8.31. The Morgan fingerprint density at radius 1 is 0.969 bits per heavy atom. The first-order chi connectivity index (χ1) is 15.5. The minimum Gasteiger partial charge on any atom is -0.338 e. The summed E-state index contributed by atoms with van der Waals surface area (Å²) in [4.78, 5) is 34.7. The van der Waals surface area contributed by atoms with Gasteiger partial charge in [0.15, 0.2) is 0 Å². The number of nitrogens with one attached hydrogen (secondary N) is 1. The SMILES string of the molecule is CN1CCN(c2nccc(C(=O)Nc3ncc4ccc(-c5cnn(C)c5)cc4n3)n2)CC1. The molecule has 0 aliphatic carbocycles. The average Bonchev–Trinajstić information content (AvgIpc) is 3.25. The Bertz CT molecular complexity index is 1280. The highest BCUT2D eigenvalue weighted by Crippen LogP contribution is 2.23. The number of amides is 1. The second-order valence-corrected chi connectivity index (χ2v) is 7.86. The van der Waals surface area contributed by atoms with Gasteiger partial charge >= 0.3 is 0 Å². The van der Waals surface area contributed by atoms with Crippen molar-refractivity contribution in [1.29, 1.82) is 0 Å². The molecule has 1 N–H and O–H groups in total. The molecule has 0 unspecified atom stereocenters. The molecule has 0 atom stereocenters. The first-order valence-corrected chi connectivity index (χ1v) is 10.4. The zero-order valence-electron chi connectivity index (χ0n) is 17.9. The number of hydrogen-bond donors (Lipinski definition) is 1. The molecule has 1 saturated heterocycles. The van der Waals surface area contributed by atoms with Gasteiger partial charge in [-0.15, -0.1) is 0 Å². The second-order valence-electron chi connectivity index (χ2n) is 7.86. The molecule has 1 aromatic carbocycles. The third-order valence-electron chi connectivity index (χ3n) is 5.51. The van der Waals surface area contributed by atoms with Crippen molar-refractivity contribution in [1.82, 2.24) is 34.6 Å². The van der Waals surface area contributed by atoms with E-state index < -0.39 is 0 Å². The Balaban J connectivity index is 1.36. The van der Waals surface area contributed by atoms with Crippen LogP contribution in [0.2, 0.25) is 0 Å². The summed E-state index contributed by atoms with van der Waals surface area (Å²) in [7, 11) is 3.97. The van der Waals surface area contributed by atoms with Crippen LogP contribution in [-0.4, -0.2) is 73.8 Å². The van der Waals surface area contributed by atoms with E-state index in [1.54, 1.807) is 29.3 Å². The number of aromatic nitrogens is 6. The molecular formula is C22H23N9O. The van der Waals surface area contributed by atoms with Gasteiger partial charge in [0.1, 0.15) is 5.69 Å². The number of fused-ring (bicyclic) bond motifs is 1. The zero-order chi connectivity index (χ0) is 22.1. The Hall–Kier alpha value is -3.92. The topological polar surface area (TPSA) is 105 Å². The van der Waals surface area contributed by atoms with Gasteiger partial charge in [-0.1, -0.05) is 12.1 Å². The minimum absolute atomic E-state index is 0.227. The van der Waals surface area contributed by atoms with Crippen molar-refractivity contribution in [3.63, 3.8) is 0 Å². The lowest BCUT2D eigenvalue weighted by atomic mass is 10.1. The molecule has 1 aliphatic heterocycles. The van der Waals surface area contributed by atoms with Gasteiger partial charge < -0.3 is 9.80 Å². The maximum atomic E-state index is 12.8. The van der Waals surface area contributed by atoms with Crippen LogP contribution in [-0.2, 0) is 7.05 Å². The molecule has 1 aliphatic rings. The number of rotatable bonds is 4. The molecule has 162 valence electrons. The van der Waals surface area contributed by atoms with E-state index in [-0.39, 0.29) is 17.5 Å². The van der Waals surface area contributed by atoms with E-state index in [2.05, 4.69) is 47.2 Å². The highest BCUT2D eigenvalue weighted by molar-refractivity contribution is 6.02. The summed E-state index contributed by atoms with van der Waals surface area (Å²) in [5, 5.41) is 7.86. The number of carbonyl (C=O) groups excluding carboxylic acids is 1. The van der Waals surface area contributed by atoms with Gasteiger partial charge in [0.05, 0.1) is 11.7 Å². The summed E-state index contributed by atoms with van der Waals surface area (Å²) in [6.45, 7) is 3.53. The molecule has 10 heteroatoms. The predicted molar refractivity (Wildman–Crippen MR) is 121 cm³/mol. The molecule has 0 radical (unpaired) electrons. The molecule has 5 rings (SSSR count). The number of carbonyl (C=O) groups is 1. The average molecular weight is 429 g/mol. The summed E-state index contributed by atoms with van der Waals surface area (Å²) < 4.78 is 1.75. The molecule has 1 fully saturated rings. The van der Waals surface area contributed by atoms with Crippen LogP contribution >= 0.6 is 0 Å². The molecule has 0 saturated carbocycles. The fourth-order valence-electron chi connectivity index (χ4n) is 3.63. The quantitative estimate of drug-likeness (QED) is 0.524. The molecule has 3 aromatic heterocycles. The number of nitrogens with zero attached hydrogens (tertiary/aromatic N) is 8. The first kappa shape index (κ1) is 20.0. The standard InChI is InChI=1S/C22H23N9O/c1-29-7-9-31(10-8-29)22-23-6-5-18(27-22)20(32)28-21-24-12-16-4-3-15(11-19(16)26-21)17-13-25-30(2)14-17/h3-6,11-14H,7-10H2,1-2H3,(H,24,26,28,32). The van der Waals surface area contributed by atoms with Gasteiger partial charge in [-0.2, -0.15) is 5.10 Å². The van der Waals surface area contributed by atoms with Crippen molar-refractivity contribution in [2.24, 2.45) is 7.05 Å². The van der Waals surface area contributed by atoms with Crippen molar-refractivity contribution >= 4 is 28.7 Å². The van der Waals surface area contributed by atoms with Crippen molar-refractivity contribution in [2.45, 2.75) is 0 Å². The largest absolute Gasteiger partial charge is 0.338 e. The summed E-state index contributed by atoms with van der Waals surface area (Å²) >= 11 is 0. The number of anilines is 2. The molecule has 32 heavy (non-hydrogen) atoms. The zero-order valence-corrected chi connectivity index (χ0v) is 17.9. The van der Waals surface area contributed by atoms with E-state index in [4.69, 9.17) is 0 Å². The number of piperazine rings is 1. The lowest BCUT2D eigenvalue weighted by Gasteiger charge is -2.32. The van der Waals surface area contributed by atoms with Crippen LogP contribution in [0.15, 0.2) is 49.1 Å². The normalized spacial score (nSPS) is 14.6. The molecular weight excluding hydrogens is 406 g/mol. The van der Waals surface area contributed by atoms with E-state index in [0.717, 1.165) is 48.2 Å². The summed E-state index contributed by atoms with van der Waals surface area (Å²) in [6, 6.07) is 7.51. The van der Waals surface area contributed by atoms with Crippen LogP contribution in [0.4, 0.5) is 11.9 Å². The molecule has 0 spiro atoms. The van der Waals surface area contributed by atoms with Crippen LogP contribution in [0.25, 0.3) is 22.0 Å². The van der Waals surface area contributed by atoms with Crippen LogP contribution in [0.5, 0.6) is 0 Å². The van der Waals surface area contributed by atoms with Crippen molar-refractivity contribution in [3.8, 4) is 11.1 Å². The van der Waals surface area contributed by atoms with Gasteiger partial charge in [-0.25, -0.2) is 19.9 Å². The molecule has 10 nitrogen and oxygen atoms in total. The number of likely N-dealkylation sites (N-methyl/N-ethyl adjacent to an activating group) is 1. The van der Waals surface area contributed by atoms with Gasteiger partial charge in [0.2, 0.25) is 11.9 Å². The summed E-state index contributed by atoms with van der Waals surface area (Å²) in [6.07, 6.45) is 7.05. The third-order valence-corrected chi connectivity index (χ3v) is 5.51. The van der Waals surface area contributed by atoms with E-state index in [9.17, 15) is 4.79 Å². The lowest BCUT2D eigenvalue weighted by molar-refractivity contribution is 0.102. The van der Waals surface area contributed by atoms with Crippen molar-refractivity contribution < 1.29 is 4.79 Å². The van der Waals surface area contributed by atoms with Gasteiger partial charge in [0.25, 0.3) is 5.91 Å². The predicted octanol–water partition coefficient (Wildman–Crippen LogP) is 1.82. The smallest absolute Gasteiger partial charge is 0.276 e. The number of benzene rings is 1. The molecule has 1 amide bonds. The van der Waals surface area contributed by atoms with E-state index in [1.165, 1.54) is 0 Å². The molecule has 0 bridgehead atoms. The Morgan fingerprint density at radius 2 is 1.81 bits per heavy atom. The van der Waals surface area contributed by atoms with Crippen LogP contribution < -0.4 is 10.2 Å². The maximum absolute atomic E-state index is 12.8. The molecule has 4 aromatic rings. The Morgan fingerprint density at radius 3 is 2.59 bits per heavy atom. The van der Waals surface area contributed by atoms with Crippen molar-refractivity contribution in [2.75, 3.05) is 43.4 Å². The number of hydrogen-bond acceptors (Lipinski definition) is 8. The number of aryl methyl sites for hydroxylation is 1. The third kappa shape index (κ3) is 4.12. The fourth-order valence-corrected chi connectivity index (χ4v) is 3.63. The van der Waals surface area contributed by atoms with Crippen LogP contribution in [0.3, 0.4) is 0 Å². The maximum Gasteiger partial charge on any atom is 0.276 e. The monoisotopic (exact) mass is 429 g/mol. The minimum atomic E-state index is -0.370. The Labute approximate surface area is 184 Å². The van der Waals surface area contributed by atoms with Crippen LogP contribution in [0.1, 0.15) is 10.5 Å².